The minimum absolute atomic E-state index is 0.0962. The Kier molecular flexibility index (Phi) is 3.92. The highest BCUT2D eigenvalue weighted by molar-refractivity contribution is 7.10. The Morgan fingerprint density at radius 2 is 2.39 bits per heavy atom. The van der Waals surface area contributed by atoms with Crippen LogP contribution in [0.2, 0.25) is 0 Å². The van der Waals surface area contributed by atoms with Gasteiger partial charge in [0.1, 0.15) is 0 Å². The predicted octanol–water partition coefficient (Wildman–Crippen LogP) is 0.972. The van der Waals surface area contributed by atoms with Gasteiger partial charge in [0.2, 0.25) is 0 Å². The summed E-state index contributed by atoms with van der Waals surface area (Å²) in [5.41, 5.74) is 7.04. The fourth-order valence-electron chi connectivity index (χ4n) is 1.50. The summed E-state index contributed by atoms with van der Waals surface area (Å²) in [6, 6.07) is 3.51. The lowest BCUT2D eigenvalue weighted by Crippen LogP contribution is -2.22. The van der Waals surface area contributed by atoms with Gasteiger partial charge in [-0.15, -0.1) is 11.3 Å². The lowest BCUT2D eigenvalue weighted by atomic mass is 10.2. The van der Waals surface area contributed by atoms with Crippen molar-refractivity contribution in [3.05, 3.63) is 50.1 Å². The Hall–Kier alpha value is -1.90. The van der Waals surface area contributed by atoms with Crippen LogP contribution < -0.4 is 11.3 Å². The first kappa shape index (κ1) is 12.6. The van der Waals surface area contributed by atoms with Crippen molar-refractivity contribution in [1.82, 2.24) is 9.78 Å². The Morgan fingerprint density at radius 1 is 1.56 bits per heavy atom. The van der Waals surface area contributed by atoms with Gasteiger partial charge >= 0.3 is 0 Å². The number of aromatic nitrogens is 2. The van der Waals surface area contributed by atoms with E-state index in [1.807, 2.05) is 18.4 Å². The van der Waals surface area contributed by atoms with E-state index in [4.69, 9.17) is 5.73 Å². The molecule has 2 N–H and O–H groups in total. The first-order chi connectivity index (χ1) is 8.70. The van der Waals surface area contributed by atoms with Crippen LogP contribution in [0.25, 0.3) is 0 Å². The van der Waals surface area contributed by atoms with Crippen LogP contribution in [0, 0.1) is 18.8 Å². The monoisotopic (exact) mass is 259 g/mol. The van der Waals surface area contributed by atoms with Gasteiger partial charge in [-0.2, -0.15) is 5.10 Å². The van der Waals surface area contributed by atoms with Gasteiger partial charge in [-0.05, 0) is 23.9 Å². The summed E-state index contributed by atoms with van der Waals surface area (Å²) in [6.45, 7) is 2.63. The third-order valence-electron chi connectivity index (χ3n) is 2.37. The van der Waals surface area contributed by atoms with Crippen molar-refractivity contribution in [3.63, 3.8) is 0 Å². The topological polar surface area (TPSA) is 60.9 Å². The average molecular weight is 259 g/mol. The van der Waals surface area contributed by atoms with Crippen LogP contribution in [0.5, 0.6) is 0 Å². The zero-order valence-corrected chi connectivity index (χ0v) is 10.8. The average Bonchev–Trinajstić information content (AvgIpc) is 2.77. The molecule has 18 heavy (non-hydrogen) atoms. The summed E-state index contributed by atoms with van der Waals surface area (Å²) in [7, 11) is 0. The number of nitrogens with zero attached hydrogens (tertiary/aromatic N) is 2. The molecule has 0 atom stereocenters. The summed E-state index contributed by atoms with van der Waals surface area (Å²) < 4.78 is 1.44. The van der Waals surface area contributed by atoms with Crippen molar-refractivity contribution < 1.29 is 0 Å². The molecule has 0 fully saturated rings. The molecule has 0 aromatic carbocycles. The quantitative estimate of drug-likeness (QED) is 0.818. The molecule has 0 bridgehead atoms. The SMILES string of the molecule is Cc1cnn(Cc2sccc2C#CCN)c(=O)c1. The van der Waals surface area contributed by atoms with Crippen molar-refractivity contribution in [2.45, 2.75) is 13.5 Å². The highest BCUT2D eigenvalue weighted by Gasteiger charge is 2.05. The zero-order valence-electron chi connectivity index (χ0n) is 10.0. The van der Waals surface area contributed by atoms with Gasteiger partial charge in [0.15, 0.2) is 0 Å². The van der Waals surface area contributed by atoms with Crippen LogP contribution in [0.4, 0.5) is 0 Å². The second-order valence-electron chi connectivity index (χ2n) is 3.79. The zero-order chi connectivity index (χ0) is 13.0. The van der Waals surface area contributed by atoms with E-state index in [-0.39, 0.29) is 5.56 Å². The number of aryl methyl sites for hydroxylation is 1. The minimum atomic E-state index is -0.0962. The molecule has 0 aliphatic heterocycles. The van der Waals surface area contributed by atoms with Crippen molar-refractivity contribution in [3.8, 4) is 11.8 Å². The van der Waals surface area contributed by atoms with Gasteiger partial charge in [-0.1, -0.05) is 11.8 Å². The summed E-state index contributed by atoms with van der Waals surface area (Å²) in [5.74, 6) is 5.81. The number of nitrogens with two attached hydrogens (primary N) is 1. The highest BCUT2D eigenvalue weighted by atomic mass is 32.1. The van der Waals surface area contributed by atoms with E-state index in [2.05, 4.69) is 16.9 Å². The summed E-state index contributed by atoms with van der Waals surface area (Å²) in [6.07, 6.45) is 1.68. The van der Waals surface area contributed by atoms with E-state index in [9.17, 15) is 4.79 Å². The Bertz CT molecular complexity index is 661. The second kappa shape index (κ2) is 5.63. The Morgan fingerprint density at radius 3 is 3.11 bits per heavy atom. The van der Waals surface area contributed by atoms with Gasteiger partial charge in [-0.25, -0.2) is 4.68 Å². The van der Waals surface area contributed by atoms with E-state index in [1.54, 1.807) is 23.6 Å². The maximum Gasteiger partial charge on any atom is 0.267 e. The van der Waals surface area contributed by atoms with Crippen LogP contribution in [-0.2, 0) is 6.54 Å². The van der Waals surface area contributed by atoms with E-state index in [0.717, 1.165) is 16.0 Å². The molecule has 0 unspecified atom stereocenters. The smallest absolute Gasteiger partial charge is 0.267 e. The molecule has 0 spiro atoms. The Labute approximate surface area is 109 Å². The first-order valence-corrected chi connectivity index (χ1v) is 6.38. The fourth-order valence-corrected chi connectivity index (χ4v) is 2.31. The van der Waals surface area contributed by atoms with E-state index >= 15 is 0 Å². The molecule has 0 saturated carbocycles. The van der Waals surface area contributed by atoms with Crippen molar-refractivity contribution in [2.75, 3.05) is 6.54 Å². The van der Waals surface area contributed by atoms with Crippen LogP contribution in [0.1, 0.15) is 16.0 Å². The first-order valence-electron chi connectivity index (χ1n) is 5.50. The van der Waals surface area contributed by atoms with Gasteiger partial charge in [0, 0.05) is 16.5 Å². The molecule has 0 saturated heterocycles. The maximum atomic E-state index is 11.7. The predicted molar refractivity (Wildman–Crippen MR) is 72.6 cm³/mol. The molecule has 2 rings (SSSR count). The lowest BCUT2D eigenvalue weighted by Gasteiger charge is -2.03. The van der Waals surface area contributed by atoms with Crippen molar-refractivity contribution in [1.29, 1.82) is 0 Å². The van der Waals surface area contributed by atoms with Gasteiger partial charge in [0.05, 0.1) is 19.3 Å². The molecule has 5 heteroatoms. The number of hydrogen-bond acceptors (Lipinski definition) is 4. The molecule has 2 aromatic rings. The minimum Gasteiger partial charge on any atom is -0.320 e. The summed E-state index contributed by atoms with van der Waals surface area (Å²) >= 11 is 1.56. The molecule has 2 aromatic heterocycles. The standard InChI is InChI=1S/C13H13N3OS/c1-10-7-13(17)16(15-8-10)9-12-11(3-2-5-14)4-6-18-12/h4,6-8H,5,9,14H2,1H3. The third-order valence-corrected chi connectivity index (χ3v) is 3.28. The molecular formula is C13H13N3OS. The van der Waals surface area contributed by atoms with Crippen LogP contribution in [-0.4, -0.2) is 16.3 Å². The van der Waals surface area contributed by atoms with E-state index < -0.39 is 0 Å². The number of hydrogen-bond donors (Lipinski definition) is 1. The van der Waals surface area contributed by atoms with E-state index in [1.165, 1.54) is 4.68 Å². The maximum absolute atomic E-state index is 11.7. The van der Waals surface area contributed by atoms with Gasteiger partial charge in [0.25, 0.3) is 5.56 Å². The molecular weight excluding hydrogens is 246 g/mol. The summed E-state index contributed by atoms with van der Waals surface area (Å²) in [4.78, 5) is 12.8. The van der Waals surface area contributed by atoms with Crippen LogP contribution in [0.15, 0.2) is 28.5 Å². The van der Waals surface area contributed by atoms with E-state index in [0.29, 0.717) is 13.1 Å². The fraction of sp³-hybridized carbons (Fsp3) is 0.231. The molecule has 0 aliphatic carbocycles. The largest absolute Gasteiger partial charge is 0.320 e. The normalized spacial score (nSPS) is 9.89. The van der Waals surface area contributed by atoms with Crippen LogP contribution >= 0.6 is 11.3 Å². The van der Waals surface area contributed by atoms with Crippen LogP contribution in [0.3, 0.4) is 0 Å². The van der Waals surface area contributed by atoms with Gasteiger partial charge < -0.3 is 5.73 Å². The molecule has 92 valence electrons. The van der Waals surface area contributed by atoms with Gasteiger partial charge in [-0.3, -0.25) is 4.79 Å². The number of rotatable bonds is 2. The highest BCUT2D eigenvalue weighted by Crippen LogP contribution is 2.16. The molecule has 0 amide bonds. The molecule has 2 heterocycles. The molecule has 4 nitrogen and oxygen atoms in total. The number of thiophene rings is 1. The second-order valence-corrected chi connectivity index (χ2v) is 4.79. The lowest BCUT2D eigenvalue weighted by molar-refractivity contribution is 0.642. The third kappa shape index (κ3) is 2.86. The Balaban J connectivity index is 2.29. The van der Waals surface area contributed by atoms with Crippen molar-refractivity contribution in [2.24, 2.45) is 5.73 Å². The molecule has 0 aliphatic rings. The van der Waals surface area contributed by atoms with Crippen molar-refractivity contribution >= 4 is 11.3 Å². The molecule has 0 radical (unpaired) electrons. The summed E-state index contributed by atoms with van der Waals surface area (Å²) in [5, 5.41) is 6.07.